The normalized spacial score (nSPS) is 10.8. The zero-order valence-electron chi connectivity index (χ0n) is 13.5. The van der Waals surface area contributed by atoms with E-state index < -0.39 is 0 Å². The van der Waals surface area contributed by atoms with Gasteiger partial charge in [-0.3, -0.25) is 14.2 Å². The predicted molar refractivity (Wildman–Crippen MR) is 95.8 cm³/mol. The smallest absolute Gasteiger partial charge is 0.246 e. The van der Waals surface area contributed by atoms with Gasteiger partial charge in [0.15, 0.2) is 0 Å². The number of carbonyl (C=O) groups excluding carboxylic acids is 1. The quantitative estimate of drug-likeness (QED) is 0.731. The highest BCUT2D eigenvalue weighted by molar-refractivity contribution is 9.10. The number of amides is 1. The molecule has 3 rings (SSSR count). The summed E-state index contributed by atoms with van der Waals surface area (Å²) in [6, 6.07) is 8.30. The molecule has 0 aliphatic rings. The fraction of sp³-hybridized carbons (Fsp3) is 0.235. The molecule has 0 radical (unpaired) electrons. The maximum Gasteiger partial charge on any atom is 0.246 e. The van der Waals surface area contributed by atoms with Crippen molar-refractivity contribution < 1.29 is 4.79 Å². The highest BCUT2D eigenvalue weighted by Gasteiger charge is 2.08. The summed E-state index contributed by atoms with van der Waals surface area (Å²) in [5, 5.41) is 11.4. The minimum Gasteiger partial charge on any atom is -0.322 e. The fourth-order valence-corrected chi connectivity index (χ4v) is 2.63. The fourth-order valence-electron chi connectivity index (χ4n) is 2.32. The van der Waals surface area contributed by atoms with E-state index >= 15 is 0 Å². The van der Waals surface area contributed by atoms with Crippen LogP contribution in [0, 0.1) is 13.8 Å². The van der Waals surface area contributed by atoms with E-state index in [2.05, 4.69) is 62.6 Å². The number of nitrogens with zero attached hydrogens (tertiary/aromatic N) is 4. The number of aromatic nitrogens is 4. The number of aryl methyl sites for hydroxylation is 2. The van der Waals surface area contributed by atoms with Crippen molar-refractivity contribution in [2.75, 3.05) is 5.32 Å². The van der Waals surface area contributed by atoms with Crippen molar-refractivity contribution in [3.8, 4) is 0 Å². The van der Waals surface area contributed by atoms with Crippen LogP contribution in [0.4, 0.5) is 5.69 Å². The van der Waals surface area contributed by atoms with E-state index in [1.165, 1.54) is 11.1 Å². The van der Waals surface area contributed by atoms with Gasteiger partial charge in [0.25, 0.3) is 0 Å². The summed E-state index contributed by atoms with van der Waals surface area (Å²) in [6.45, 7) is 4.77. The van der Waals surface area contributed by atoms with Gasteiger partial charge < -0.3 is 5.32 Å². The van der Waals surface area contributed by atoms with Gasteiger partial charge in [0.2, 0.25) is 5.91 Å². The standard InChI is InChI=1S/C17H18BrN5O/c1-12-3-5-14(6-4-12)8-22-9-15(7-19-22)20-17(24)11-23-10-16(18)13(2)21-23/h3-7,9-10H,8,11H2,1-2H3,(H,20,24). The van der Waals surface area contributed by atoms with Crippen molar-refractivity contribution in [1.29, 1.82) is 0 Å². The molecular formula is C17H18BrN5O. The molecule has 1 amide bonds. The number of anilines is 1. The Labute approximate surface area is 148 Å². The average Bonchev–Trinajstić information content (AvgIpc) is 3.08. The number of hydrogen-bond acceptors (Lipinski definition) is 3. The molecule has 0 unspecified atom stereocenters. The first kappa shape index (κ1) is 16.4. The Morgan fingerprint density at radius 2 is 1.92 bits per heavy atom. The predicted octanol–water partition coefficient (Wildman–Crippen LogP) is 3.15. The molecule has 2 heterocycles. The highest BCUT2D eigenvalue weighted by Crippen LogP contribution is 2.13. The van der Waals surface area contributed by atoms with Crippen LogP contribution in [0.3, 0.4) is 0 Å². The van der Waals surface area contributed by atoms with Gasteiger partial charge in [-0.2, -0.15) is 10.2 Å². The van der Waals surface area contributed by atoms with E-state index in [1.807, 2.05) is 13.1 Å². The third-order valence-electron chi connectivity index (χ3n) is 3.57. The number of hydrogen-bond donors (Lipinski definition) is 1. The van der Waals surface area contributed by atoms with Gasteiger partial charge in [0.05, 0.1) is 28.6 Å². The molecule has 0 saturated heterocycles. The zero-order valence-corrected chi connectivity index (χ0v) is 15.1. The topological polar surface area (TPSA) is 64.7 Å². The van der Waals surface area contributed by atoms with E-state index in [0.29, 0.717) is 12.2 Å². The Bertz CT molecular complexity index is 831. The lowest BCUT2D eigenvalue weighted by molar-refractivity contribution is -0.116. The van der Waals surface area contributed by atoms with Crippen molar-refractivity contribution in [2.45, 2.75) is 26.9 Å². The highest BCUT2D eigenvalue weighted by atomic mass is 79.9. The second kappa shape index (κ2) is 7.00. The summed E-state index contributed by atoms with van der Waals surface area (Å²) < 4.78 is 4.29. The molecule has 7 heteroatoms. The van der Waals surface area contributed by atoms with Gasteiger partial charge in [0, 0.05) is 12.4 Å². The van der Waals surface area contributed by atoms with Crippen LogP contribution < -0.4 is 5.32 Å². The molecule has 3 aromatic rings. The molecule has 1 N–H and O–H groups in total. The maximum atomic E-state index is 12.1. The summed E-state index contributed by atoms with van der Waals surface area (Å²) >= 11 is 3.38. The number of halogens is 1. The minimum absolute atomic E-state index is 0.139. The number of benzene rings is 1. The lowest BCUT2D eigenvalue weighted by Crippen LogP contribution is -2.18. The van der Waals surface area contributed by atoms with Crippen molar-refractivity contribution in [3.63, 3.8) is 0 Å². The molecule has 0 fully saturated rings. The first-order valence-corrected chi connectivity index (χ1v) is 8.36. The first-order chi connectivity index (χ1) is 11.5. The van der Waals surface area contributed by atoms with Crippen LogP contribution in [0.5, 0.6) is 0 Å². The molecule has 2 aromatic heterocycles. The zero-order chi connectivity index (χ0) is 17.1. The monoisotopic (exact) mass is 387 g/mol. The Balaban J connectivity index is 1.59. The van der Waals surface area contributed by atoms with E-state index in [0.717, 1.165) is 10.2 Å². The number of carbonyl (C=O) groups is 1. The van der Waals surface area contributed by atoms with Crippen molar-refractivity contribution in [1.82, 2.24) is 19.6 Å². The molecule has 0 aliphatic heterocycles. The number of nitrogens with one attached hydrogen (secondary N) is 1. The van der Waals surface area contributed by atoms with Crippen LogP contribution in [0.2, 0.25) is 0 Å². The average molecular weight is 388 g/mol. The lowest BCUT2D eigenvalue weighted by atomic mass is 10.1. The second-order valence-electron chi connectivity index (χ2n) is 5.72. The molecule has 6 nitrogen and oxygen atoms in total. The number of rotatable bonds is 5. The molecule has 0 aliphatic carbocycles. The molecular weight excluding hydrogens is 370 g/mol. The maximum absolute atomic E-state index is 12.1. The molecule has 0 saturated carbocycles. The van der Waals surface area contributed by atoms with Crippen LogP contribution in [0.25, 0.3) is 0 Å². The summed E-state index contributed by atoms with van der Waals surface area (Å²) in [6.07, 6.45) is 5.26. The van der Waals surface area contributed by atoms with Crippen LogP contribution >= 0.6 is 15.9 Å². The van der Waals surface area contributed by atoms with Gasteiger partial charge in [-0.1, -0.05) is 29.8 Å². The van der Waals surface area contributed by atoms with E-state index in [1.54, 1.807) is 21.8 Å². The SMILES string of the molecule is Cc1ccc(Cn2cc(NC(=O)Cn3cc(Br)c(C)n3)cn2)cc1. The van der Waals surface area contributed by atoms with Gasteiger partial charge in [0.1, 0.15) is 6.54 Å². The third-order valence-corrected chi connectivity index (χ3v) is 4.35. The molecule has 0 atom stereocenters. The summed E-state index contributed by atoms with van der Waals surface area (Å²) in [5.74, 6) is -0.139. The Hall–Kier alpha value is -2.41. The first-order valence-electron chi connectivity index (χ1n) is 7.57. The third kappa shape index (κ3) is 4.11. The summed E-state index contributed by atoms with van der Waals surface area (Å²) in [5.41, 5.74) is 3.93. The van der Waals surface area contributed by atoms with Gasteiger partial charge in [-0.25, -0.2) is 0 Å². The Kier molecular flexibility index (Phi) is 4.80. The minimum atomic E-state index is -0.139. The van der Waals surface area contributed by atoms with Crippen molar-refractivity contribution in [2.24, 2.45) is 0 Å². The largest absolute Gasteiger partial charge is 0.322 e. The lowest BCUT2D eigenvalue weighted by Gasteiger charge is -2.03. The van der Waals surface area contributed by atoms with Crippen LogP contribution in [-0.2, 0) is 17.9 Å². The second-order valence-corrected chi connectivity index (χ2v) is 6.57. The molecule has 24 heavy (non-hydrogen) atoms. The van der Waals surface area contributed by atoms with Crippen LogP contribution in [0.15, 0.2) is 47.3 Å². The van der Waals surface area contributed by atoms with Gasteiger partial charge in [-0.05, 0) is 35.3 Å². The Morgan fingerprint density at radius 1 is 1.17 bits per heavy atom. The van der Waals surface area contributed by atoms with Crippen LogP contribution in [0.1, 0.15) is 16.8 Å². The molecule has 0 spiro atoms. The van der Waals surface area contributed by atoms with E-state index in [-0.39, 0.29) is 12.5 Å². The van der Waals surface area contributed by atoms with Crippen molar-refractivity contribution in [3.05, 3.63) is 64.1 Å². The summed E-state index contributed by atoms with van der Waals surface area (Å²) in [4.78, 5) is 12.1. The van der Waals surface area contributed by atoms with E-state index in [4.69, 9.17) is 0 Å². The molecule has 0 bridgehead atoms. The van der Waals surface area contributed by atoms with E-state index in [9.17, 15) is 4.79 Å². The van der Waals surface area contributed by atoms with Gasteiger partial charge >= 0.3 is 0 Å². The van der Waals surface area contributed by atoms with Crippen LogP contribution in [-0.4, -0.2) is 25.5 Å². The molecule has 1 aromatic carbocycles. The summed E-state index contributed by atoms with van der Waals surface area (Å²) in [7, 11) is 0. The Morgan fingerprint density at radius 3 is 2.58 bits per heavy atom. The van der Waals surface area contributed by atoms with Gasteiger partial charge in [-0.15, -0.1) is 0 Å². The molecule has 124 valence electrons. The van der Waals surface area contributed by atoms with Crippen molar-refractivity contribution >= 4 is 27.5 Å².